The number of aliphatic hydroxyl groups is 2. The first kappa shape index (κ1) is 16.4. The predicted molar refractivity (Wildman–Crippen MR) is 92.9 cm³/mol. The van der Waals surface area contributed by atoms with Gasteiger partial charge in [-0.15, -0.1) is 0 Å². The van der Waals surface area contributed by atoms with E-state index in [1.807, 2.05) is 0 Å². The molecule has 0 bridgehead atoms. The van der Waals surface area contributed by atoms with Crippen molar-refractivity contribution in [2.75, 3.05) is 6.61 Å². The minimum absolute atomic E-state index is 0.0288. The van der Waals surface area contributed by atoms with Crippen LogP contribution in [0.4, 0.5) is 0 Å². The summed E-state index contributed by atoms with van der Waals surface area (Å²) >= 11 is 0. The first-order chi connectivity index (χ1) is 11.0. The quantitative estimate of drug-likeness (QED) is 0.792. The van der Waals surface area contributed by atoms with Crippen molar-refractivity contribution in [2.45, 2.75) is 84.2 Å². The van der Waals surface area contributed by atoms with Gasteiger partial charge >= 0.3 is 0 Å². The van der Waals surface area contributed by atoms with Crippen molar-refractivity contribution in [3.8, 4) is 0 Å². The molecule has 0 heterocycles. The van der Waals surface area contributed by atoms with Crippen LogP contribution in [0.15, 0.2) is 0 Å². The molecule has 0 aromatic carbocycles. The van der Waals surface area contributed by atoms with Crippen molar-refractivity contribution < 1.29 is 10.2 Å². The van der Waals surface area contributed by atoms with E-state index in [1.54, 1.807) is 0 Å². The fourth-order valence-electron chi connectivity index (χ4n) is 7.97. The highest BCUT2D eigenvalue weighted by molar-refractivity contribution is 5.09. The van der Waals surface area contributed by atoms with E-state index in [-0.39, 0.29) is 6.10 Å². The Hall–Kier alpha value is -0.0800. The summed E-state index contributed by atoms with van der Waals surface area (Å²) in [5, 5.41) is 19.6. The summed E-state index contributed by atoms with van der Waals surface area (Å²) in [5.41, 5.74) is 1.000. The van der Waals surface area contributed by atoms with Crippen LogP contribution in [0.1, 0.15) is 78.1 Å². The Morgan fingerprint density at radius 2 is 1.61 bits per heavy atom. The van der Waals surface area contributed by atoms with Gasteiger partial charge in [-0.25, -0.2) is 0 Å². The van der Waals surface area contributed by atoms with E-state index in [0.29, 0.717) is 17.4 Å². The number of rotatable bonds is 2. The fraction of sp³-hybridized carbons (Fsp3) is 1.00. The maximum atomic E-state index is 10.1. The Morgan fingerprint density at radius 1 is 0.870 bits per heavy atom. The summed E-state index contributed by atoms with van der Waals surface area (Å²) in [6.45, 7) is 5.50. The summed E-state index contributed by atoms with van der Waals surface area (Å²) in [5.74, 6) is 4.26. The highest BCUT2D eigenvalue weighted by Crippen LogP contribution is 2.67. The van der Waals surface area contributed by atoms with Crippen molar-refractivity contribution in [1.29, 1.82) is 0 Å². The van der Waals surface area contributed by atoms with Gasteiger partial charge in [0.2, 0.25) is 0 Å². The zero-order valence-corrected chi connectivity index (χ0v) is 15.1. The molecule has 4 aliphatic rings. The van der Waals surface area contributed by atoms with Crippen molar-refractivity contribution in [3.05, 3.63) is 0 Å². The van der Waals surface area contributed by atoms with Crippen LogP contribution in [0, 0.1) is 40.4 Å². The van der Waals surface area contributed by atoms with Gasteiger partial charge in [-0.05, 0) is 105 Å². The topological polar surface area (TPSA) is 40.5 Å². The van der Waals surface area contributed by atoms with Crippen LogP contribution in [0.2, 0.25) is 0 Å². The molecule has 4 fully saturated rings. The Balaban J connectivity index is 1.58. The third-order valence-electron chi connectivity index (χ3n) is 9.31. The molecular formula is C21H36O2. The van der Waals surface area contributed by atoms with E-state index in [0.717, 1.165) is 48.9 Å². The number of hydrogen-bond donors (Lipinski definition) is 2. The van der Waals surface area contributed by atoms with Crippen molar-refractivity contribution in [3.63, 3.8) is 0 Å². The monoisotopic (exact) mass is 320 g/mol. The van der Waals surface area contributed by atoms with Gasteiger partial charge in [-0.1, -0.05) is 13.8 Å². The number of fused-ring (bicyclic) bond motifs is 5. The van der Waals surface area contributed by atoms with Gasteiger partial charge in [0.1, 0.15) is 0 Å². The first-order valence-electron chi connectivity index (χ1n) is 10.3. The minimum Gasteiger partial charge on any atom is -0.396 e. The smallest absolute Gasteiger partial charge is 0.0543 e. The van der Waals surface area contributed by atoms with Crippen LogP contribution in [0.3, 0.4) is 0 Å². The van der Waals surface area contributed by atoms with Crippen LogP contribution >= 0.6 is 0 Å². The molecule has 2 N–H and O–H groups in total. The van der Waals surface area contributed by atoms with Gasteiger partial charge in [0, 0.05) is 6.61 Å². The molecule has 2 heteroatoms. The second-order valence-corrected chi connectivity index (χ2v) is 9.92. The first-order valence-corrected chi connectivity index (χ1v) is 10.3. The predicted octanol–water partition coefficient (Wildman–Crippen LogP) is 4.39. The summed E-state index contributed by atoms with van der Waals surface area (Å²) in [4.78, 5) is 0. The number of hydrogen-bond acceptors (Lipinski definition) is 2. The maximum absolute atomic E-state index is 10.1. The van der Waals surface area contributed by atoms with E-state index < -0.39 is 0 Å². The lowest BCUT2D eigenvalue weighted by atomic mass is 9.44. The largest absolute Gasteiger partial charge is 0.396 e. The van der Waals surface area contributed by atoms with Gasteiger partial charge in [0.15, 0.2) is 0 Å². The average Bonchev–Trinajstić information content (AvgIpc) is 2.85. The van der Waals surface area contributed by atoms with Crippen LogP contribution in [0.25, 0.3) is 0 Å². The van der Waals surface area contributed by atoms with Crippen LogP contribution in [0.5, 0.6) is 0 Å². The summed E-state index contributed by atoms with van der Waals surface area (Å²) in [6.07, 6.45) is 12.7. The fourth-order valence-corrected chi connectivity index (χ4v) is 7.97. The van der Waals surface area contributed by atoms with Gasteiger partial charge in [0.05, 0.1) is 6.10 Å². The third kappa shape index (κ3) is 2.34. The van der Waals surface area contributed by atoms with E-state index in [1.165, 1.54) is 44.9 Å². The molecular weight excluding hydrogens is 284 g/mol. The molecule has 8 unspecified atom stereocenters. The summed E-state index contributed by atoms with van der Waals surface area (Å²) in [7, 11) is 0. The van der Waals surface area contributed by atoms with Crippen LogP contribution in [-0.4, -0.2) is 22.9 Å². The van der Waals surface area contributed by atoms with Crippen LogP contribution < -0.4 is 0 Å². The molecule has 0 radical (unpaired) electrons. The highest BCUT2D eigenvalue weighted by atomic mass is 16.3. The molecule has 132 valence electrons. The molecule has 0 amide bonds. The minimum atomic E-state index is -0.0288. The Labute approximate surface area is 142 Å². The molecule has 0 aromatic rings. The third-order valence-corrected chi connectivity index (χ3v) is 9.31. The van der Waals surface area contributed by atoms with Gasteiger partial charge in [0.25, 0.3) is 0 Å². The van der Waals surface area contributed by atoms with E-state index in [2.05, 4.69) is 13.8 Å². The lowest BCUT2D eigenvalue weighted by Gasteiger charge is -2.61. The average molecular weight is 321 g/mol. The normalized spacial score (nSPS) is 55.8. The zero-order valence-electron chi connectivity index (χ0n) is 15.1. The van der Waals surface area contributed by atoms with E-state index in [9.17, 15) is 10.2 Å². The van der Waals surface area contributed by atoms with Gasteiger partial charge in [-0.3, -0.25) is 0 Å². The van der Waals surface area contributed by atoms with E-state index in [4.69, 9.17) is 0 Å². The molecule has 4 aliphatic carbocycles. The van der Waals surface area contributed by atoms with Crippen molar-refractivity contribution in [2.24, 2.45) is 40.4 Å². The van der Waals surface area contributed by atoms with Crippen molar-refractivity contribution >= 4 is 0 Å². The molecule has 0 saturated heterocycles. The zero-order chi connectivity index (χ0) is 16.2. The molecule has 23 heavy (non-hydrogen) atoms. The molecule has 0 aromatic heterocycles. The molecule has 0 spiro atoms. The van der Waals surface area contributed by atoms with E-state index >= 15 is 0 Å². The lowest BCUT2D eigenvalue weighted by Crippen LogP contribution is -2.53. The molecule has 4 saturated carbocycles. The summed E-state index contributed by atoms with van der Waals surface area (Å²) in [6, 6.07) is 0. The maximum Gasteiger partial charge on any atom is 0.0543 e. The lowest BCUT2D eigenvalue weighted by molar-refractivity contribution is -0.127. The van der Waals surface area contributed by atoms with Gasteiger partial charge in [-0.2, -0.15) is 0 Å². The molecule has 2 nitrogen and oxygen atoms in total. The molecule has 8 atom stereocenters. The summed E-state index contributed by atoms with van der Waals surface area (Å²) < 4.78 is 0. The van der Waals surface area contributed by atoms with Crippen LogP contribution in [-0.2, 0) is 0 Å². The number of aliphatic hydroxyl groups excluding tert-OH is 2. The van der Waals surface area contributed by atoms with Gasteiger partial charge < -0.3 is 10.2 Å². The SMILES string of the molecule is CC12CCC3C(CCC4CC(O)CCC43C)C1CCC2CCO. The molecule has 4 rings (SSSR count). The Bertz CT molecular complexity index is 449. The second kappa shape index (κ2) is 5.73. The standard InChI is InChI=1S/C21H36O2/c1-20-11-8-19-17(18(20)6-4-14(20)9-12-22)5-3-15-13-16(23)7-10-21(15,19)2/h14-19,22-23H,3-13H2,1-2H3. The second-order valence-electron chi connectivity index (χ2n) is 9.92. The molecule has 0 aliphatic heterocycles. The Kier molecular flexibility index (Phi) is 4.08. The van der Waals surface area contributed by atoms with Crippen molar-refractivity contribution in [1.82, 2.24) is 0 Å². The highest BCUT2D eigenvalue weighted by Gasteiger charge is 2.59. The Morgan fingerprint density at radius 3 is 2.39 bits per heavy atom.